The highest BCUT2D eigenvalue weighted by atomic mass is 16.3. The first-order valence-electron chi connectivity index (χ1n) is 4.76. The zero-order valence-electron chi connectivity index (χ0n) is 8.74. The fourth-order valence-electron chi connectivity index (χ4n) is 1.46. The molecule has 1 N–H and O–H groups in total. The van der Waals surface area contributed by atoms with Gasteiger partial charge in [-0.1, -0.05) is 6.92 Å². The number of hydrogen-bond acceptors (Lipinski definition) is 4. The van der Waals surface area contributed by atoms with Crippen LogP contribution in [0.15, 0.2) is 11.3 Å². The fraction of sp³-hybridized carbons (Fsp3) is 0.500. The lowest BCUT2D eigenvalue weighted by Gasteiger charge is -2.12. The van der Waals surface area contributed by atoms with Crippen LogP contribution in [0.3, 0.4) is 0 Å². The summed E-state index contributed by atoms with van der Waals surface area (Å²) in [5.74, 6) is -1.86. The fourth-order valence-corrected chi connectivity index (χ4v) is 1.46. The van der Waals surface area contributed by atoms with Crippen molar-refractivity contribution in [3.63, 3.8) is 0 Å². The average Bonchev–Trinajstić information content (AvgIpc) is 2.42. The van der Waals surface area contributed by atoms with E-state index in [-0.39, 0.29) is 30.2 Å². The maximum absolute atomic E-state index is 11.5. The minimum absolute atomic E-state index is 0.174. The molecular formula is C10H13NO4. The van der Waals surface area contributed by atoms with Gasteiger partial charge < -0.3 is 5.11 Å². The second-order valence-corrected chi connectivity index (χ2v) is 3.41. The molecule has 15 heavy (non-hydrogen) atoms. The molecule has 82 valence electrons. The number of Topliss-reactive ketones (excluding diaryl/α,β-unsaturated/α-hetero) is 1. The summed E-state index contributed by atoms with van der Waals surface area (Å²) in [6, 6.07) is 0. The van der Waals surface area contributed by atoms with Gasteiger partial charge in [0.15, 0.2) is 5.78 Å². The molecule has 1 heterocycles. The first-order chi connectivity index (χ1) is 6.99. The number of carbonyl (C=O) groups is 3. The van der Waals surface area contributed by atoms with E-state index in [2.05, 4.69) is 0 Å². The summed E-state index contributed by atoms with van der Waals surface area (Å²) in [6.07, 6.45) is 0.864. The van der Waals surface area contributed by atoms with E-state index in [0.29, 0.717) is 6.42 Å². The van der Waals surface area contributed by atoms with Crippen molar-refractivity contribution in [2.45, 2.75) is 26.7 Å². The Morgan fingerprint density at radius 3 is 2.47 bits per heavy atom. The lowest BCUT2D eigenvalue weighted by Crippen LogP contribution is -2.34. The van der Waals surface area contributed by atoms with Crippen LogP contribution < -0.4 is 0 Å². The van der Waals surface area contributed by atoms with Crippen LogP contribution in [0.5, 0.6) is 0 Å². The second-order valence-electron chi connectivity index (χ2n) is 3.41. The largest absolute Gasteiger partial charge is 0.509 e. The molecule has 1 rings (SSSR count). The van der Waals surface area contributed by atoms with Crippen molar-refractivity contribution >= 4 is 17.6 Å². The molecular weight excluding hydrogens is 198 g/mol. The number of rotatable bonds is 3. The van der Waals surface area contributed by atoms with Crippen molar-refractivity contribution in [2.24, 2.45) is 0 Å². The van der Waals surface area contributed by atoms with Crippen molar-refractivity contribution in [1.82, 2.24) is 4.90 Å². The van der Waals surface area contributed by atoms with Crippen LogP contribution in [0.2, 0.25) is 0 Å². The molecule has 2 amide bonds. The highest BCUT2D eigenvalue weighted by Gasteiger charge is 2.36. The first-order valence-corrected chi connectivity index (χ1v) is 4.76. The molecule has 0 spiro atoms. The van der Waals surface area contributed by atoms with Gasteiger partial charge in [-0.15, -0.1) is 0 Å². The number of nitrogens with zero attached hydrogens (tertiary/aromatic N) is 1. The molecule has 1 aliphatic heterocycles. The van der Waals surface area contributed by atoms with Crippen LogP contribution in [-0.4, -0.2) is 34.1 Å². The Morgan fingerprint density at radius 2 is 2.07 bits per heavy atom. The molecule has 0 aromatic carbocycles. The lowest BCUT2D eigenvalue weighted by molar-refractivity contribution is -0.141. The Bertz CT molecular complexity index is 356. The van der Waals surface area contributed by atoms with Crippen molar-refractivity contribution in [2.75, 3.05) is 6.54 Å². The second kappa shape index (κ2) is 4.25. The van der Waals surface area contributed by atoms with Gasteiger partial charge in [-0.3, -0.25) is 19.3 Å². The quantitative estimate of drug-likeness (QED) is 0.692. The minimum atomic E-state index is -0.682. The number of aliphatic hydroxyl groups excluding tert-OH is 1. The topological polar surface area (TPSA) is 74.7 Å². The van der Waals surface area contributed by atoms with Crippen molar-refractivity contribution in [3.05, 3.63) is 11.3 Å². The van der Waals surface area contributed by atoms with Crippen LogP contribution in [0, 0.1) is 0 Å². The van der Waals surface area contributed by atoms with Gasteiger partial charge in [0.25, 0.3) is 5.91 Å². The van der Waals surface area contributed by atoms with Gasteiger partial charge in [0.05, 0.1) is 6.54 Å². The normalized spacial score (nSPS) is 16.1. The summed E-state index contributed by atoms with van der Waals surface area (Å²) in [5.41, 5.74) is -0.264. The van der Waals surface area contributed by atoms with E-state index in [9.17, 15) is 19.5 Å². The molecule has 0 saturated heterocycles. The molecule has 5 nitrogen and oxygen atoms in total. The van der Waals surface area contributed by atoms with Crippen LogP contribution in [0.25, 0.3) is 0 Å². The molecule has 0 aromatic rings. The van der Waals surface area contributed by atoms with Crippen LogP contribution >= 0.6 is 0 Å². The summed E-state index contributed by atoms with van der Waals surface area (Å²) in [7, 11) is 0. The van der Waals surface area contributed by atoms with Gasteiger partial charge in [-0.2, -0.15) is 0 Å². The number of hydrogen-bond donors (Lipinski definition) is 1. The summed E-state index contributed by atoms with van der Waals surface area (Å²) in [6.45, 7) is 2.83. The van der Waals surface area contributed by atoms with E-state index in [1.165, 1.54) is 6.92 Å². The van der Waals surface area contributed by atoms with E-state index in [4.69, 9.17) is 0 Å². The lowest BCUT2D eigenvalue weighted by atomic mass is 10.2. The zero-order valence-corrected chi connectivity index (χ0v) is 8.74. The van der Waals surface area contributed by atoms with Crippen molar-refractivity contribution in [3.8, 4) is 0 Å². The summed E-state index contributed by atoms with van der Waals surface area (Å²) >= 11 is 0. The summed E-state index contributed by atoms with van der Waals surface area (Å²) < 4.78 is 0. The molecule has 0 unspecified atom stereocenters. The summed E-state index contributed by atoms with van der Waals surface area (Å²) in [5, 5.41) is 9.36. The van der Waals surface area contributed by atoms with Gasteiger partial charge >= 0.3 is 0 Å². The molecule has 0 radical (unpaired) electrons. The van der Waals surface area contributed by atoms with E-state index >= 15 is 0 Å². The first kappa shape index (κ1) is 11.4. The highest BCUT2D eigenvalue weighted by Crippen LogP contribution is 2.18. The number of aliphatic hydroxyl groups is 1. The number of amides is 2. The highest BCUT2D eigenvalue weighted by molar-refractivity contribution is 6.23. The van der Waals surface area contributed by atoms with Gasteiger partial charge in [0.1, 0.15) is 11.3 Å². The van der Waals surface area contributed by atoms with Gasteiger partial charge in [0, 0.05) is 6.42 Å². The monoisotopic (exact) mass is 211 g/mol. The van der Waals surface area contributed by atoms with Gasteiger partial charge in [0.2, 0.25) is 5.91 Å². The average molecular weight is 211 g/mol. The van der Waals surface area contributed by atoms with E-state index < -0.39 is 11.7 Å². The van der Waals surface area contributed by atoms with Gasteiger partial charge in [-0.05, 0) is 13.3 Å². The molecule has 1 aliphatic rings. The smallest absolute Gasteiger partial charge is 0.267 e. The summed E-state index contributed by atoms with van der Waals surface area (Å²) in [4.78, 5) is 34.9. The Labute approximate surface area is 87.4 Å². The van der Waals surface area contributed by atoms with Gasteiger partial charge in [-0.25, -0.2) is 0 Å². The van der Waals surface area contributed by atoms with E-state index in [0.717, 1.165) is 4.90 Å². The molecule has 0 atom stereocenters. The molecule has 0 fully saturated rings. The predicted molar refractivity (Wildman–Crippen MR) is 52.0 cm³/mol. The van der Waals surface area contributed by atoms with Crippen LogP contribution in [0.4, 0.5) is 0 Å². The van der Waals surface area contributed by atoms with Crippen LogP contribution in [-0.2, 0) is 14.4 Å². The van der Waals surface area contributed by atoms with Crippen molar-refractivity contribution in [1.29, 1.82) is 0 Å². The SMILES string of the molecule is CCCC(=O)N1CC(O)=C(C(C)=O)C1=O. The third-order valence-electron chi connectivity index (χ3n) is 2.17. The Morgan fingerprint density at radius 1 is 1.47 bits per heavy atom. The molecule has 0 bridgehead atoms. The Balaban J connectivity index is 2.85. The van der Waals surface area contributed by atoms with E-state index in [1.807, 2.05) is 6.92 Å². The maximum Gasteiger partial charge on any atom is 0.267 e. The zero-order chi connectivity index (χ0) is 11.6. The predicted octanol–water partition coefficient (Wildman–Crippen LogP) is 0.556. The van der Waals surface area contributed by atoms with Crippen LogP contribution in [0.1, 0.15) is 26.7 Å². The number of carbonyl (C=O) groups excluding carboxylic acids is 3. The molecule has 0 saturated carbocycles. The molecule has 5 heteroatoms. The number of ketones is 1. The molecule has 0 aromatic heterocycles. The maximum atomic E-state index is 11.5. The third-order valence-corrected chi connectivity index (χ3v) is 2.17. The van der Waals surface area contributed by atoms with E-state index in [1.54, 1.807) is 0 Å². The standard InChI is InChI=1S/C10H13NO4/c1-3-4-8(14)11-5-7(13)9(6(2)12)10(11)15/h13H,3-5H2,1-2H3. The van der Waals surface area contributed by atoms with Crippen molar-refractivity contribution < 1.29 is 19.5 Å². The molecule has 0 aliphatic carbocycles. The third kappa shape index (κ3) is 2.06. The Kier molecular flexibility index (Phi) is 3.24. The minimum Gasteiger partial charge on any atom is -0.509 e. The number of imide groups is 1. The Hall–Kier alpha value is -1.65.